The SMILES string of the molecule is COc1ccc(C(C/C(=N\NC(N)=O)c2ccc(Cl)cc2)C(C)(C)[N+](=O)[O-])cc1. The number of halogens is 1. The predicted octanol–water partition coefficient (Wildman–Crippen LogP) is 3.95. The van der Waals surface area contributed by atoms with E-state index in [0.29, 0.717) is 22.0 Å². The van der Waals surface area contributed by atoms with Crippen LogP contribution < -0.4 is 15.9 Å². The number of rotatable bonds is 8. The van der Waals surface area contributed by atoms with Crippen LogP contribution in [0.25, 0.3) is 0 Å². The maximum absolute atomic E-state index is 11.8. The molecule has 0 fully saturated rings. The first kappa shape index (κ1) is 22.2. The lowest BCUT2D eigenvalue weighted by Crippen LogP contribution is -2.39. The molecule has 2 aromatic carbocycles. The van der Waals surface area contributed by atoms with E-state index >= 15 is 0 Å². The summed E-state index contributed by atoms with van der Waals surface area (Å²) >= 11 is 5.96. The number of nitrogens with two attached hydrogens (primary N) is 1. The summed E-state index contributed by atoms with van der Waals surface area (Å²) in [6.45, 7) is 3.12. The Kier molecular flexibility index (Phi) is 7.17. The third-order valence-electron chi connectivity index (χ3n) is 4.72. The Labute approximate surface area is 173 Å². The zero-order valence-corrected chi connectivity index (χ0v) is 17.1. The Balaban J connectivity index is 2.51. The second kappa shape index (κ2) is 9.38. The number of nitro groups is 1. The van der Waals surface area contributed by atoms with Crippen molar-refractivity contribution >= 4 is 23.3 Å². The van der Waals surface area contributed by atoms with Crippen LogP contribution in [0.15, 0.2) is 53.6 Å². The zero-order chi connectivity index (χ0) is 21.6. The number of nitrogens with one attached hydrogen (secondary N) is 1. The molecule has 8 nitrogen and oxygen atoms in total. The van der Waals surface area contributed by atoms with E-state index in [1.165, 1.54) is 0 Å². The maximum Gasteiger partial charge on any atom is 0.332 e. The number of hydrogen-bond acceptors (Lipinski definition) is 5. The minimum atomic E-state index is -1.31. The molecule has 2 amide bonds. The van der Waals surface area contributed by atoms with E-state index in [1.807, 2.05) is 0 Å². The topological polar surface area (TPSA) is 120 Å². The molecule has 0 heterocycles. The van der Waals surface area contributed by atoms with Gasteiger partial charge in [0.2, 0.25) is 5.54 Å². The zero-order valence-electron chi connectivity index (χ0n) is 16.4. The lowest BCUT2D eigenvalue weighted by atomic mass is 9.78. The van der Waals surface area contributed by atoms with Crippen molar-refractivity contribution < 1.29 is 14.5 Å². The van der Waals surface area contributed by atoms with E-state index in [-0.39, 0.29) is 11.3 Å². The number of carbonyl (C=O) groups excluding carboxylic acids is 1. The van der Waals surface area contributed by atoms with Gasteiger partial charge >= 0.3 is 6.03 Å². The number of urea groups is 1. The number of amides is 2. The number of ether oxygens (including phenoxy) is 1. The van der Waals surface area contributed by atoms with E-state index in [9.17, 15) is 14.9 Å². The number of primary amides is 1. The highest BCUT2D eigenvalue weighted by Gasteiger charge is 2.42. The quantitative estimate of drug-likeness (QED) is 0.383. The number of methoxy groups -OCH3 is 1. The molecule has 1 unspecified atom stereocenters. The molecule has 154 valence electrons. The molecule has 0 spiro atoms. The molecule has 9 heteroatoms. The van der Waals surface area contributed by atoms with Gasteiger partial charge in [-0.05, 0) is 35.4 Å². The van der Waals surface area contributed by atoms with Gasteiger partial charge < -0.3 is 10.5 Å². The minimum Gasteiger partial charge on any atom is -0.497 e. The number of benzene rings is 2. The highest BCUT2D eigenvalue weighted by atomic mass is 35.5. The lowest BCUT2D eigenvalue weighted by Gasteiger charge is -2.28. The van der Waals surface area contributed by atoms with E-state index in [0.717, 1.165) is 5.56 Å². The summed E-state index contributed by atoms with van der Waals surface area (Å²) < 4.78 is 5.18. The van der Waals surface area contributed by atoms with Gasteiger partial charge in [0, 0.05) is 30.2 Å². The number of carbonyl (C=O) groups is 1. The van der Waals surface area contributed by atoms with Gasteiger partial charge in [0.05, 0.1) is 18.7 Å². The standard InChI is InChI=1S/C20H23ClN4O4/c1-20(2,25(27)28)17(13-6-10-16(29-3)11-7-13)12-18(23-24-19(22)26)14-4-8-15(21)9-5-14/h4-11,17H,12H2,1-3H3,(H3,22,24,26)/b23-18+. The van der Waals surface area contributed by atoms with E-state index in [4.69, 9.17) is 22.1 Å². The molecule has 0 bridgehead atoms. The number of hydrazone groups is 1. The van der Waals surface area contributed by atoms with Crippen molar-refractivity contribution in [2.24, 2.45) is 10.8 Å². The summed E-state index contributed by atoms with van der Waals surface area (Å²) in [7, 11) is 1.55. The van der Waals surface area contributed by atoms with E-state index in [1.54, 1.807) is 69.5 Å². The van der Waals surface area contributed by atoms with Crippen LogP contribution in [0, 0.1) is 10.1 Å². The molecule has 1 atom stereocenters. The molecule has 0 radical (unpaired) electrons. The first-order valence-corrected chi connectivity index (χ1v) is 9.19. The molecular formula is C20H23ClN4O4. The second-order valence-electron chi connectivity index (χ2n) is 6.98. The molecule has 2 rings (SSSR count). The van der Waals surface area contributed by atoms with Crippen LogP contribution >= 0.6 is 11.6 Å². The third-order valence-corrected chi connectivity index (χ3v) is 4.97. The first-order valence-electron chi connectivity index (χ1n) is 8.81. The lowest BCUT2D eigenvalue weighted by molar-refractivity contribution is -0.565. The van der Waals surface area contributed by atoms with Crippen LogP contribution in [0.5, 0.6) is 5.75 Å². The smallest absolute Gasteiger partial charge is 0.332 e. The third kappa shape index (κ3) is 5.68. The average molecular weight is 419 g/mol. The highest BCUT2D eigenvalue weighted by Crippen LogP contribution is 2.36. The number of nitrogens with zero attached hydrogens (tertiary/aromatic N) is 2. The van der Waals surface area contributed by atoms with Crippen molar-refractivity contribution in [1.29, 1.82) is 0 Å². The van der Waals surface area contributed by atoms with Gasteiger partial charge in [-0.2, -0.15) is 5.10 Å². The largest absolute Gasteiger partial charge is 0.497 e. The fraction of sp³-hybridized carbons (Fsp3) is 0.300. The Morgan fingerprint density at radius 1 is 1.24 bits per heavy atom. The molecule has 0 aliphatic rings. The van der Waals surface area contributed by atoms with Crippen LogP contribution in [0.4, 0.5) is 4.79 Å². The Morgan fingerprint density at radius 2 is 1.83 bits per heavy atom. The molecular weight excluding hydrogens is 396 g/mol. The summed E-state index contributed by atoms with van der Waals surface area (Å²) in [6, 6.07) is 13.1. The molecule has 3 N–H and O–H groups in total. The molecule has 0 aromatic heterocycles. The van der Waals surface area contributed by atoms with Crippen LogP contribution in [0.2, 0.25) is 5.02 Å². The summed E-state index contributed by atoms with van der Waals surface area (Å²) in [6.07, 6.45) is 0.183. The normalized spacial score (nSPS) is 12.9. The van der Waals surface area contributed by atoms with Gasteiger partial charge in [-0.3, -0.25) is 10.1 Å². The molecule has 0 aliphatic heterocycles. The first-order chi connectivity index (χ1) is 13.6. The van der Waals surface area contributed by atoms with Crippen LogP contribution in [-0.4, -0.2) is 29.3 Å². The van der Waals surface area contributed by atoms with Gasteiger partial charge in [0.1, 0.15) is 5.75 Å². The van der Waals surface area contributed by atoms with Crippen molar-refractivity contribution in [3.8, 4) is 5.75 Å². The van der Waals surface area contributed by atoms with Crippen LogP contribution in [0.1, 0.15) is 37.3 Å². The Bertz CT molecular complexity index is 896. The predicted molar refractivity (Wildman–Crippen MR) is 112 cm³/mol. The van der Waals surface area contributed by atoms with E-state index in [2.05, 4.69) is 10.5 Å². The molecule has 29 heavy (non-hydrogen) atoms. The summed E-state index contributed by atoms with van der Waals surface area (Å²) in [5, 5.41) is 16.5. The van der Waals surface area contributed by atoms with Crippen molar-refractivity contribution in [1.82, 2.24) is 5.43 Å². The number of hydrogen-bond donors (Lipinski definition) is 2. The van der Waals surface area contributed by atoms with E-state index < -0.39 is 17.5 Å². The van der Waals surface area contributed by atoms with Crippen LogP contribution in [0.3, 0.4) is 0 Å². The minimum absolute atomic E-state index is 0.183. The van der Waals surface area contributed by atoms with Gasteiger partial charge in [-0.1, -0.05) is 35.9 Å². The average Bonchev–Trinajstić information content (AvgIpc) is 2.68. The summed E-state index contributed by atoms with van der Waals surface area (Å²) in [4.78, 5) is 22.7. The molecule has 2 aromatic rings. The van der Waals surface area contributed by atoms with Gasteiger partial charge in [0.15, 0.2) is 0 Å². The maximum atomic E-state index is 11.8. The van der Waals surface area contributed by atoms with Gasteiger partial charge in [-0.15, -0.1) is 0 Å². The van der Waals surface area contributed by atoms with Gasteiger partial charge in [-0.25, -0.2) is 10.2 Å². The van der Waals surface area contributed by atoms with Crippen molar-refractivity contribution in [3.05, 3.63) is 74.8 Å². The fourth-order valence-electron chi connectivity index (χ4n) is 2.93. The monoisotopic (exact) mass is 418 g/mol. The van der Waals surface area contributed by atoms with Gasteiger partial charge in [0.25, 0.3) is 0 Å². The Hall–Kier alpha value is -3.13. The molecule has 0 aliphatic carbocycles. The highest BCUT2D eigenvalue weighted by molar-refractivity contribution is 6.30. The van der Waals surface area contributed by atoms with Crippen molar-refractivity contribution in [3.63, 3.8) is 0 Å². The molecule has 0 saturated heterocycles. The summed E-state index contributed by atoms with van der Waals surface area (Å²) in [5.74, 6) is 0.0981. The van der Waals surface area contributed by atoms with Crippen molar-refractivity contribution in [2.45, 2.75) is 31.7 Å². The fourth-order valence-corrected chi connectivity index (χ4v) is 3.05. The second-order valence-corrected chi connectivity index (χ2v) is 7.42. The van der Waals surface area contributed by atoms with Crippen molar-refractivity contribution in [2.75, 3.05) is 7.11 Å². The van der Waals surface area contributed by atoms with Crippen LogP contribution in [-0.2, 0) is 0 Å². The molecule has 0 saturated carbocycles. The summed E-state index contributed by atoms with van der Waals surface area (Å²) in [5.41, 5.74) is 7.91. The Morgan fingerprint density at radius 3 is 2.31 bits per heavy atom.